The molecule has 0 heterocycles. The van der Waals surface area contributed by atoms with Crippen LogP contribution in [0.1, 0.15) is 5.56 Å². The van der Waals surface area contributed by atoms with Gasteiger partial charge in [0.15, 0.2) is 0 Å². The molecule has 2 aromatic rings. The van der Waals surface area contributed by atoms with Crippen molar-refractivity contribution >= 4 is 16.5 Å². The minimum atomic E-state index is -1.60. The van der Waals surface area contributed by atoms with Crippen LogP contribution in [0.5, 0.6) is 0 Å². The molecule has 0 radical (unpaired) electrons. The number of nitrogen functional groups attached to an aromatic ring is 1. The van der Waals surface area contributed by atoms with Gasteiger partial charge in [0, 0.05) is 6.07 Å². The summed E-state index contributed by atoms with van der Waals surface area (Å²) in [5.41, 5.74) is 5.86. The van der Waals surface area contributed by atoms with Crippen LogP contribution in [0.2, 0.25) is 0 Å². The van der Waals surface area contributed by atoms with E-state index in [1.807, 2.05) is 0 Å². The Bertz CT molecular complexity index is 626. The predicted molar refractivity (Wildman–Crippen MR) is 67.3 cm³/mol. The Morgan fingerprint density at radius 2 is 1.58 bits per heavy atom. The Kier molecular flexibility index (Phi) is 3.90. The van der Waals surface area contributed by atoms with Crippen molar-refractivity contribution in [3.05, 3.63) is 59.4 Å². The predicted octanol–water partition coefficient (Wildman–Crippen LogP) is 2.99. The van der Waals surface area contributed by atoms with Crippen LogP contribution < -0.4 is 5.73 Å². The van der Waals surface area contributed by atoms with E-state index in [0.717, 1.165) is 30.3 Å². The minimum Gasteiger partial charge on any atom is -0.398 e. The van der Waals surface area contributed by atoms with Crippen molar-refractivity contribution in [1.29, 1.82) is 0 Å². The van der Waals surface area contributed by atoms with Crippen LogP contribution in [-0.4, -0.2) is 4.21 Å². The Hall–Kier alpha value is -1.82. The maximum Gasteiger partial charge on any atom is 0.126 e. The maximum atomic E-state index is 13.0. The quantitative estimate of drug-likeness (QED) is 0.881. The zero-order valence-corrected chi connectivity index (χ0v) is 10.5. The molecule has 0 amide bonds. The summed E-state index contributed by atoms with van der Waals surface area (Å²) in [5.74, 6) is -2.10. The van der Waals surface area contributed by atoms with Crippen molar-refractivity contribution < 1.29 is 17.4 Å². The van der Waals surface area contributed by atoms with E-state index in [1.54, 1.807) is 0 Å². The van der Waals surface area contributed by atoms with Crippen molar-refractivity contribution in [2.45, 2.75) is 10.6 Å². The largest absolute Gasteiger partial charge is 0.398 e. The van der Waals surface area contributed by atoms with Crippen molar-refractivity contribution in [1.82, 2.24) is 0 Å². The summed E-state index contributed by atoms with van der Waals surface area (Å²) in [6.45, 7) is 0. The number of anilines is 1. The van der Waals surface area contributed by atoms with Gasteiger partial charge in [-0.1, -0.05) is 0 Å². The zero-order valence-electron chi connectivity index (χ0n) is 9.70. The van der Waals surface area contributed by atoms with Crippen LogP contribution in [0.15, 0.2) is 41.3 Å². The third kappa shape index (κ3) is 3.35. The van der Waals surface area contributed by atoms with Gasteiger partial charge in [-0.05, 0) is 35.9 Å². The van der Waals surface area contributed by atoms with Crippen molar-refractivity contribution in [2.75, 3.05) is 5.73 Å². The van der Waals surface area contributed by atoms with E-state index in [1.165, 1.54) is 6.07 Å². The average molecular weight is 285 g/mol. The number of halogens is 3. The van der Waals surface area contributed by atoms with Gasteiger partial charge in [0.05, 0.1) is 27.1 Å². The lowest BCUT2D eigenvalue weighted by atomic mass is 10.2. The van der Waals surface area contributed by atoms with E-state index < -0.39 is 28.3 Å². The van der Waals surface area contributed by atoms with Gasteiger partial charge < -0.3 is 5.73 Å². The normalized spacial score (nSPS) is 12.4. The first kappa shape index (κ1) is 13.6. The molecule has 0 spiro atoms. The summed E-state index contributed by atoms with van der Waals surface area (Å²) in [6, 6.07) is 6.42. The summed E-state index contributed by atoms with van der Waals surface area (Å²) in [4.78, 5) is 0.242. The lowest BCUT2D eigenvalue weighted by molar-refractivity contribution is 0.581. The Labute approximate surface area is 110 Å². The lowest BCUT2D eigenvalue weighted by Crippen LogP contribution is -2.02. The van der Waals surface area contributed by atoms with Crippen molar-refractivity contribution in [3.8, 4) is 0 Å². The molecule has 0 fully saturated rings. The van der Waals surface area contributed by atoms with E-state index in [0.29, 0.717) is 0 Å². The Morgan fingerprint density at radius 3 is 2.16 bits per heavy atom. The summed E-state index contributed by atoms with van der Waals surface area (Å²) in [7, 11) is -1.60. The van der Waals surface area contributed by atoms with E-state index >= 15 is 0 Å². The summed E-state index contributed by atoms with van der Waals surface area (Å²) in [6.07, 6.45) is 0. The molecule has 0 aliphatic rings. The Balaban J connectivity index is 2.25. The molecule has 2 rings (SSSR count). The first-order chi connectivity index (χ1) is 8.95. The van der Waals surface area contributed by atoms with Gasteiger partial charge in [-0.25, -0.2) is 13.2 Å². The summed E-state index contributed by atoms with van der Waals surface area (Å²) < 4.78 is 50.9. The molecule has 1 unspecified atom stereocenters. The van der Waals surface area contributed by atoms with Crippen LogP contribution in [0.4, 0.5) is 18.9 Å². The highest BCUT2D eigenvalue weighted by Crippen LogP contribution is 2.21. The first-order valence-electron chi connectivity index (χ1n) is 5.34. The smallest absolute Gasteiger partial charge is 0.126 e. The zero-order chi connectivity index (χ0) is 14.0. The van der Waals surface area contributed by atoms with Gasteiger partial charge >= 0.3 is 0 Å². The van der Waals surface area contributed by atoms with Crippen LogP contribution >= 0.6 is 0 Å². The second-order valence-corrected chi connectivity index (χ2v) is 5.37. The first-order valence-corrected chi connectivity index (χ1v) is 6.66. The number of nitrogens with two attached hydrogens (primary N) is 1. The highest BCUT2D eigenvalue weighted by Gasteiger charge is 2.11. The van der Waals surface area contributed by atoms with E-state index in [2.05, 4.69) is 0 Å². The number of benzene rings is 2. The molecule has 0 aromatic heterocycles. The van der Waals surface area contributed by atoms with Gasteiger partial charge in [-0.3, -0.25) is 4.21 Å². The topological polar surface area (TPSA) is 43.1 Å². The summed E-state index contributed by atoms with van der Waals surface area (Å²) in [5, 5.41) is 0. The fourth-order valence-corrected chi connectivity index (χ4v) is 2.82. The molecule has 0 saturated heterocycles. The van der Waals surface area contributed by atoms with E-state index in [-0.39, 0.29) is 21.9 Å². The van der Waals surface area contributed by atoms with Gasteiger partial charge in [-0.2, -0.15) is 0 Å². The molecule has 2 nitrogen and oxygen atoms in total. The van der Waals surface area contributed by atoms with Crippen LogP contribution in [0, 0.1) is 17.5 Å². The molecule has 1 atom stereocenters. The summed E-state index contributed by atoms with van der Waals surface area (Å²) >= 11 is 0. The molecule has 0 bridgehead atoms. The van der Waals surface area contributed by atoms with Gasteiger partial charge in [0.1, 0.15) is 17.5 Å². The third-order valence-corrected chi connectivity index (χ3v) is 3.90. The fourth-order valence-electron chi connectivity index (χ4n) is 1.65. The molecular weight excluding hydrogens is 275 g/mol. The molecule has 6 heteroatoms. The van der Waals surface area contributed by atoms with E-state index in [4.69, 9.17) is 5.73 Å². The number of rotatable bonds is 3. The fraction of sp³-hybridized carbons (Fsp3) is 0.0769. The lowest BCUT2D eigenvalue weighted by Gasteiger charge is -2.06. The molecule has 0 saturated carbocycles. The third-order valence-electron chi connectivity index (χ3n) is 2.44. The minimum absolute atomic E-state index is 0.0511. The highest BCUT2D eigenvalue weighted by atomic mass is 32.2. The van der Waals surface area contributed by atoms with E-state index in [9.17, 15) is 17.4 Å². The second-order valence-electron chi connectivity index (χ2n) is 3.95. The molecule has 2 N–H and O–H groups in total. The van der Waals surface area contributed by atoms with Crippen molar-refractivity contribution in [3.63, 3.8) is 0 Å². The Morgan fingerprint density at radius 1 is 0.947 bits per heavy atom. The van der Waals surface area contributed by atoms with Gasteiger partial charge in [0.25, 0.3) is 0 Å². The molecule has 100 valence electrons. The second kappa shape index (κ2) is 5.44. The average Bonchev–Trinajstić information content (AvgIpc) is 2.26. The molecule has 19 heavy (non-hydrogen) atoms. The standard InChI is InChI=1S/C13H10F3NOS/c14-9-1-2-13(12(17)6-9)19(18)7-8-3-10(15)5-11(16)4-8/h1-6H,7,17H2. The molecular formula is C13H10F3NOS. The van der Waals surface area contributed by atoms with Crippen LogP contribution in [0.25, 0.3) is 0 Å². The van der Waals surface area contributed by atoms with Crippen LogP contribution in [0.3, 0.4) is 0 Å². The van der Waals surface area contributed by atoms with Crippen LogP contribution in [-0.2, 0) is 16.6 Å². The SMILES string of the molecule is Nc1cc(F)ccc1S(=O)Cc1cc(F)cc(F)c1. The van der Waals surface area contributed by atoms with Gasteiger partial charge in [0.2, 0.25) is 0 Å². The van der Waals surface area contributed by atoms with Gasteiger partial charge in [-0.15, -0.1) is 0 Å². The molecule has 2 aromatic carbocycles. The number of hydrogen-bond acceptors (Lipinski definition) is 2. The number of hydrogen-bond donors (Lipinski definition) is 1. The molecule has 0 aliphatic carbocycles. The highest BCUT2D eigenvalue weighted by molar-refractivity contribution is 7.84. The van der Waals surface area contributed by atoms with Crippen molar-refractivity contribution in [2.24, 2.45) is 0 Å². The maximum absolute atomic E-state index is 13.0. The molecule has 0 aliphatic heterocycles. The monoisotopic (exact) mass is 285 g/mol.